The Kier molecular flexibility index (Phi) is 9.61. The van der Waals surface area contributed by atoms with E-state index < -0.39 is 5.82 Å². The van der Waals surface area contributed by atoms with Crippen molar-refractivity contribution >= 4 is 34.7 Å². The predicted octanol–water partition coefficient (Wildman–Crippen LogP) is 4.62. The molecule has 1 aromatic heterocycles. The summed E-state index contributed by atoms with van der Waals surface area (Å²) in [4.78, 5) is 19.6. The number of carbonyl (C=O) groups excluding carboxylic acids is 1. The van der Waals surface area contributed by atoms with Gasteiger partial charge in [-0.2, -0.15) is 4.98 Å². The minimum Gasteiger partial charge on any atom is -0.491 e. The van der Waals surface area contributed by atoms with Gasteiger partial charge in [-0.15, -0.1) is 0 Å². The van der Waals surface area contributed by atoms with Crippen LogP contribution in [0.4, 0.5) is 33.2 Å². The largest absolute Gasteiger partial charge is 0.491 e. The molecule has 0 saturated heterocycles. The van der Waals surface area contributed by atoms with E-state index in [0.717, 1.165) is 12.3 Å². The zero-order valence-electron chi connectivity index (χ0n) is 17.9. The molecule has 3 rings (SSSR count). The van der Waals surface area contributed by atoms with Crippen molar-refractivity contribution in [3.63, 3.8) is 0 Å². The van der Waals surface area contributed by atoms with Crippen molar-refractivity contribution in [2.24, 2.45) is 0 Å². The average Bonchev–Trinajstić information content (AvgIpc) is 2.82. The number of ether oxygens (including phenoxy) is 1. The Balaban J connectivity index is 0.00000176. The molecule has 0 saturated carbocycles. The number of hydrogen-bond donors (Lipinski definition) is 4. The van der Waals surface area contributed by atoms with Gasteiger partial charge >= 0.3 is 0 Å². The lowest BCUT2D eigenvalue weighted by molar-refractivity contribution is -0.111. The lowest BCUT2D eigenvalue weighted by Gasteiger charge is -2.11. The molecule has 8 nitrogen and oxygen atoms in total. The molecule has 3 aromatic rings. The molecule has 0 bridgehead atoms. The summed E-state index contributed by atoms with van der Waals surface area (Å²) in [6.45, 7) is 7.55. The number of aromatic nitrogens is 2. The number of anilines is 5. The molecule has 0 radical (unpaired) electrons. The number of aliphatic hydroxyl groups excluding tert-OH is 1. The third kappa shape index (κ3) is 7.37. The van der Waals surface area contributed by atoms with Gasteiger partial charge in [-0.25, -0.2) is 9.37 Å². The Bertz CT molecular complexity index is 1030. The van der Waals surface area contributed by atoms with Crippen molar-refractivity contribution < 1.29 is 19.0 Å². The van der Waals surface area contributed by atoms with Crippen molar-refractivity contribution in [3.05, 3.63) is 73.2 Å². The van der Waals surface area contributed by atoms with E-state index in [1.54, 1.807) is 48.5 Å². The molecule has 0 atom stereocenters. The first kappa shape index (κ1) is 24.3. The van der Waals surface area contributed by atoms with Gasteiger partial charge in [0.05, 0.1) is 12.8 Å². The quantitative estimate of drug-likeness (QED) is 0.360. The number of carbonyl (C=O) groups is 1. The molecule has 1 amide bonds. The second-order valence-corrected chi connectivity index (χ2v) is 6.01. The van der Waals surface area contributed by atoms with Gasteiger partial charge in [0.25, 0.3) is 0 Å². The fourth-order valence-corrected chi connectivity index (χ4v) is 2.45. The van der Waals surface area contributed by atoms with Gasteiger partial charge in [-0.05, 0) is 48.5 Å². The molecular formula is C23H26FN5O3. The Morgan fingerprint density at radius 1 is 1.12 bits per heavy atom. The van der Waals surface area contributed by atoms with E-state index >= 15 is 0 Å². The molecular weight excluding hydrogens is 413 g/mol. The van der Waals surface area contributed by atoms with Crippen LogP contribution in [0, 0.1) is 5.82 Å². The second kappa shape index (κ2) is 12.7. The minimum absolute atomic E-state index is 0.0254. The molecule has 4 N–H and O–H groups in total. The Morgan fingerprint density at radius 2 is 1.84 bits per heavy atom. The highest BCUT2D eigenvalue weighted by Crippen LogP contribution is 2.23. The Hall–Kier alpha value is -3.98. The van der Waals surface area contributed by atoms with Gasteiger partial charge in [-0.3, -0.25) is 4.79 Å². The topological polar surface area (TPSA) is 108 Å². The van der Waals surface area contributed by atoms with Gasteiger partial charge in [0, 0.05) is 17.1 Å². The summed E-state index contributed by atoms with van der Waals surface area (Å²) >= 11 is 0. The van der Waals surface area contributed by atoms with E-state index in [-0.39, 0.29) is 30.9 Å². The van der Waals surface area contributed by atoms with E-state index in [1.165, 1.54) is 0 Å². The van der Waals surface area contributed by atoms with Gasteiger partial charge in [-0.1, -0.05) is 26.5 Å². The summed E-state index contributed by atoms with van der Waals surface area (Å²) in [6, 6.07) is 13.7. The smallest absolute Gasteiger partial charge is 0.247 e. The zero-order valence-corrected chi connectivity index (χ0v) is 17.9. The molecule has 2 aromatic carbocycles. The summed E-state index contributed by atoms with van der Waals surface area (Å²) < 4.78 is 19.5. The normalized spacial score (nSPS) is 9.75. The summed E-state index contributed by atoms with van der Waals surface area (Å²) in [7, 11) is 0. The van der Waals surface area contributed by atoms with Crippen LogP contribution in [0.3, 0.4) is 0 Å². The number of nitrogens with zero attached hydrogens (tertiary/aromatic N) is 2. The van der Waals surface area contributed by atoms with Crippen LogP contribution in [-0.2, 0) is 4.79 Å². The number of hydrogen-bond acceptors (Lipinski definition) is 7. The molecule has 1 heterocycles. The van der Waals surface area contributed by atoms with Gasteiger partial charge in [0.15, 0.2) is 11.6 Å². The van der Waals surface area contributed by atoms with E-state index in [1.807, 2.05) is 13.8 Å². The van der Waals surface area contributed by atoms with Gasteiger partial charge in [0.1, 0.15) is 12.4 Å². The van der Waals surface area contributed by atoms with Crippen molar-refractivity contribution in [2.75, 3.05) is 29.2 Å². The highest BCUT2D eigenvalue weighted by atomic mass is 19.1. The first-order chi connectivity index (χ1) is 15.6. The van der Waals surface area contributed by atoms with Crippen LogP contribution >= 0.6 is 0 Å². The fourth-order valence-electron chi connectivity index (χ4n) is 2.45. The molecule has 32 heavy (non-hydrogen) atoms. The molecule has 0 aliphatic carbocycles. The fraction of sp³-hybridized carbons (Fsp3) is 0.174. The lowest BCUT2D eigenvalue weighted by Crippen LogP contribution is -2.07. The first-order valence-corrected chi connectivity index (χ1v) is 10.0. The van der Waals surface area contributed by atoms with Crippen LogP contribution in [0.2, 0.25) is 0 Å². The van der Waals surface area contributed by atoms with E-state index in [9.17, 15) is 9.18 Å². The van der Waals surface area contributed by atoms with Crippen molar-refractivity contribution in [1.29, 1.82) is 0 Å². The average molecular weight is 439 g/mol. The van der Waals surface area contributed by atoms with Crippen LogP contribution in [0.5, 0.6) is 5.75 Å². The summed E-state index contributed by atoms with van der Waals surface area (Å²) in [5, 5.41) is 17.3. The highest BCUT2D eigenvalue weighted by molar-refractivity contribution is 5.99. The number of benzene rings is 2. The van der Waals surface area contributed by atoms with E-state index in [4.69, 9.17) is 9.84 Å². The Morgan fingerprint density at radius 3 is 2.53 bits per heavy atom. The van der Waals surface area contributed by atoms with E-state index in [0.29, 0.717) is 22.8 Å². The molecule has 0 unspecified atom stereocenters. The van der Waals surface area contributed by atoms with Crippen molar-refractivity contribution in [1.82, 2.24) is 9.97 Å². The number of rotatable bonds is 9. The van der Waals surface area contributed by atoms with Gasteiger partial charge in [0.2, 0.25) is 11.9 Å². The molecule has 168 valence electrons. The van der Waals surface area contributed by atoms with Crippen LogP contribution in [-0.4, -0.2) is 34.2 Å². The Labute approximate surface area is 186 Å². The molecule has 9 heteroatoms. The molecule has 0 aliphatic heterocycles. The lowest BCUT2D eigenvalue weighted by atomic mass is 10.2. The monoisotopic (exact) mass is 439 g/mol. The number of aliphatic hydroxyl groups is 1. The highest BCUT2D eigenvalue weighted by Gasteiger charge is 2.09. The predicted molar refractivity (Wildman–Crippen MR) is 124 cm³/mol. The van der Waals surface area contributed by atoms with Crippen LogP contribution in [0.1, 0.15) is 13.8 Å². The molecule has 0 spiro atoms. The maximum Gasteiger partial charge on any atom is 0.247 e. The maximum absolute atomic E-state index is 14.2. The number of halogens is 1. The number of nitrogens with one attached hydrogen (secondary N) is 3. The summed E-state index contributed by atoms with van der Waals surface area (Å²) in [5.41, 5.74) is 1.74. The zero-order chi connectivity index (χ0) is 23.3. The summed E-state index contributed by atoms with van der Waals surface area (Å²) in [5.74, 6) is -0.199. The van der Waals surface area contributed by atoms with Crippen LogP contribution < -0.4 is 20.7 Å². The van der Waals surface area contributed by atoms with Crippen molar-refractivity contribution in [2.45, 2.75) is 13.8 Å². The summed E-state index contributed by atoms with van der Waals surface area (Å²) in [6.07, 6.45) is 2.22. The number of amides is 1. The molecule has 0 fully saturated rings. The molecule has 0 aliphatic rings. The van der Waals surface area contributed by atoms with Crippen molar-refractivity contribution in [3.8, 4) is 5.75 Å². The SMILES string of the molecule is C=CC(=O)Nc1cccc(Nc2nc(Nc3ccc(OCCO)cc3)ncc2F)c1.CC. The third-order valence-electron chi connectivity index (χ3n) is 3.79. The standard InChI is InChI=1S/C21H20FN5O3.C2H6/c1-2-19(29)24-15-4-3-5-16(12-15)25-20-18(22)13-23-21(27-20)26-14-6-8-17(9-7-14)30-11-10-28;1-2/h2-9,12-13,28H,1,10-11H2,(H,24,29)(H2,23,25,26,27);1-2H3. The van der Waals surface area contributed by atoms with E-state index in [2.05, 4.69) is 32.5 Å². The van der Waals surface area contributed by atoms with Crippen LogP contribution in [0.15, 0.2) is 67.4 Å². The first-order valence-electron chi connectivity index (χ1n) is 10.0. The van der Waals surface area contributed by atoms with Crippen LogP contribution in [0.25, 0.3) is 0 Å². The van der Waals surface area contributed by atoms with Gasteiger partial charge < -0.3 is 25.8 Å². The second-order valence-electron chi connectivity index (χ2n) is 6.01. The third-order valence-corrected chi connectivity index (χ3v) is 3.79. The minimum atomic E-state index is -0.631. The maximum atomic E-state index is 14.2.